The van der Waals surface area contributed by atoms with Crippen LogP contribution in [0.25, 0.3) is 0 Å². The summed E-state index contributed by atoms with van der Waals surface area (Å²) < 4.78 is 4.60. The van der Waals surface area contributed by atoms with Crippen LogP contribution >= 0.6 is 11.8 Å². The largest absolute Gasteiger partial charge is 0.480 e. The minimum absolute atomic E-state index is 0.453. The zero-order valence-electron chi connectivity index (χ0n) is 9.43. The summed E-state index contributed by atoms with van der Waals surface area (Å²) in [6, 6.07) is -0.929. The third kappa shape index (κ3) is 3.21. The van der Waals surface area contributed by atoms with Gasteiger partial charge >= 0.3 is 5.97 Å². The molecule has 0 aliphatic rings. The van der Waals surface area contributed by atoms with E-state index in [1.54, 1.807) is 20.8 Å². The number of carboxylic acids is 1. The van der Waals surface area contributed by atoms with Gasteiger partial charge in [0.15, 0.2) is 0 Å². The van der Waals surface area contributed by atoms with Crippen molar-refractivity contribution in [3.63, 3.8) is 0 Å². The molecule has 0 aliphatic carbocycles. The van der Waals surface area contributed by atoms with E-state index in [0.29, 0.717) is 17.5 Å². The SMILES string of the molecule is Cc1nnc(CSC(C)(C)[C@@H](N)C(=O)O)o1. The molecule has 0 bridgehead atoms. The second-order valence-corrected chi connectivity index (χ2v) is 5.55. The Labute approximate surface area is 97.6 Å². The first-order valence-electron chi connectivity index (χ1n) is 4.74. The van der Waals surface area contributed by atoms with E-state index in [4.69, 9.17) is 15.3 Å². The Morgan fingerprint density at radius 1 is 1.62 bits per heavy atom. The van der Waals surface area contributed by atoms with Crippen LogP contribution in [0.4, 0.5) is 0 Å². The van der Waals surface area contributed by atoms with Crippen LogP contribution in [0.1, 0.15) is 25.6 Å². The summed E-state index contributed by atoms with van der Waals surface area (Å²) >= 11 is 1.38. The van der Waals surface area contributed by atoms with Crippen molar-refractivity contribution in [1.82, 2.24) is 10.2 Å². The van der Waals surface area contributed by atoms with Crippen LogP contribution in [-0.2, 0) is 10.5 Å². The highest BCUT2D eigenvalue weighted by atomic mass is 32.2. The molecule has 7 heteroatoms. The average molecular weight is 245 g/mol. The number of carbonyl (C=O) groups is 1. The van der Waals surface area contributed by atoms with E-state index in [1.807, 2.05) is 0 Å². The third-order valence-corrected chi connectivity index (χ3v) is 3.54. The van der Waals surface area contributed by atoms with Crippen molar-refractivity contribution in [1.29, 1.82) is 0 Å². The number of carboxylic acid groups (broad SMARTS) is 1. The Hall–Kier alpha value is -1.08. The third-order valence-electron chi connectivity index (χ3n) is 2.15. The molecule has 0 fully saturated rings. The lowest BCUT2D eigenvalue weighted by atomic mass is 10.1. The molecule has 0 radical (unpaired) electrons. The average Bonchev–Trinajstić information content (AvgIpc) is 2.60. The lowest BCUT2D eigenvalue weighted by Crippen LogP contribution is -2.46. The fraction of sp³-hybridized carbons (Fsp3) is 0.667. The topological polar surface area (TPSA) is 102 Å². The Morgan fingerprint density at radius 3 is 2.69 bits per heavy atom. The Balaban J connectivity index is 2.57. The van der Waals surface area contributed by atoms with Crippen molar-refractivity contribution in [3.8, 4) is 0 Å². The van der Waals surface area contributed by atoms with Crippen LogP contribution in [0.15, 0.2) is 4.42 Å². The second kappa shape index (κ2) is 4.84. The van der Waals surface area contributed by atoms with Gasteiger partial charge in [-0.25, -0.2) is 0 Å². The summed E-state index contributed by atoms with van der Waals surface area (Å²) in [4.78, 5) is 10.8. The number of aromatic nitrogens is 2. The van der Waals surface area contributed by atoms with E-state index < -0.39 is 16.8 Å². The molecule has 1 aromatic heterocycles. The Bertz CT molecular complexity index is 378. The molecular formula is C9H15N3O3S. The standard InChI is InChI=1S/C9H15N3O3S/c1-5-11-12-6(15-5)4-16-9(2,3)7(10)8(13)14/h7H,4,10H2,1-3H3,(H,13,14)/t7-/m0/s1. The van der Waals surface area contributed by atoms with Crippen LogP contribution in [0, 0.1) is 6.92 Å². The van der Waals surface area contributed by atoms with Gasteiger partial charge in [-0.1, -0.05) is 0 Å². The zero-order valence-corrected chi connectivity index (χ0v) is 10.2. The maximum Gasteiger partial charge on any atom is 0.321 e. The molecule has 16 heavy (non-hydrogen) atoms. The molecular weight excluding hydrogens is 230 g/mol. The molecule has 0 spiro atoms. The molecule has 0 saturated heterocycles. The van der Waals surface area contributed by atoms with E-state index in [2.05, 4.69) is 10.2 Å². The summed E-state index contributed by atoms with van der Waals surface area (Å²) in [5.41, 5.74) is 5.58. The first-order valence-corrected chi connectivity index (χ1v) is 5.73. The van der Waals surface area contributed by atoms with Gasteiger partial charge in [0.1, 0.15) is 6.04 Å². The fourth-order valence-corrected chi connectivity index (χ4v) is 1.92. The number of aryl methyl sites for hydroxylation is 1. The van der Waals surface area contributed by atoms with Gasteiger partial charge < -0.3 is 15.3 Å². The zero-order chi connectivity index (χ0) is 12.3. The summed E-state index contributed by atoms with van der Waals surface area (Å²) in [6.07, 6.45) is 0. The van der Waals surface area contributed by atoms with Gasteiger partial charge in [-0.2, -0.15) is 0 Å². The van der Waals surface area contributed by atoms with Gasteiger partial charge in [0.2, 0.25) is 11.8 Å². The molecule has 0 aliphatic heterocycles. The van der Waals surface area contributed by atoms with Crippen LogP contribution in [-0.4, -0.2) is 32.1 Å². The maximum atomic E-state index is 10.8. The van der Waals surface area contributed by atoms with E-state index in [9.17, 15) is 4.79 Å². The van der Waals surface area contributed by atoms with E-state index in [-0.39, 0.29) is 0 Å². The highest BCUT2D eigenvalue weighted by Gasteiger charge is 2.32. The molecule has 0 saturated carbocycles. The minimum atomic E-state index is -1.01. The predicted octanol–water partition coefficient (Wildman–Crippen LogP) is 0.802. The van der Waals surface area contributed by atoms with Crippen molar-refractivity contribution >= 4 is 17.7 Å². The van der Waals surface area contributed by atoms with E-state index in [1.165, 1.54) is 11.8 Å². The second-order valence-electron chi connectivity index (χ2n) is 3.92. The summed E-state index contributed by atoms with van der Waals surface area (Å²) in [7, 11) is 0. The molecule has 90 valence electrons. The number of hydrogen-bond acceptors (Lipinski definition) is 6. The van der Waals surface area contributed by atoms with Gasteiger partial charge in [0.25, 0.3) is 0 Å². The lowest BCUT2D eigenvalue weighted by molar-refractivity contribution is -0.139. The number of thioether (sulfide) groups is 1. The number of nitrogens with two attached hydrogens (primary N) is 1. The predicted molar refractivity (Wildman–Crippen MR) is 60.0 cm³/mol. The van der Waals surface area contributed by atoms with Crippen molar-refractivity contribution in [2.24, 2.45) is 5.73 Å². The van der Waals surface area contributed by atoms with Gasteiger partial charge in [-0.15, -0.1) is 22.0 Å². The lowest BCUT2D eigenvalue weighted by Gasteiger charge is -2.27. The normalized spacial score (nSPS) is 13.8. The van der Waals surface area contributed by atoms with Crippen molar-refractivity contribution < 1.29 is 14.3 Å². The number of rotatable bonds is 5. The van der Waals surface area contributed by atoms with Crippen LogP contribution in [0.5, 0.6) is 0 Å². The molecule has 6 nitrogen and oxygen atoms in total. The van der Waals surface area contributed by atoms with E-state index in [0.717, 1.165) is 0 Å². The number of nitrogens with zero attached hydrogens (tertiary/aromatic N) is 2. The summed E-state index contributed by atoms with van der Waals surface area (Å²) in [6.45, 7) is 5.26. The molecule has 3 N–H and O–H groups in total. The number of hydrogen-bond donors (Lipinski definition) is 2. The molecule has 1 aromatic rings. The fourth-order valence-electron chi connectivity index (χ4n) is 1.03. The molecule has 1 atom stereocenters. The molecule has 1 rings (SSSR count). The van der Waals surface area contributed by atoms with Crippen LogP contribution in [0.2, 0.25) is 0 Å². The molecule has 0 unspecified atom stereocenters. The van der Waals surface area contributed by atoms with Gasteiger partial charge in [0.05, 0.1) is 5.75 Å². The van der Waals surface area contributed by atoms with Gasteiger partial charge in [-0.3, -0.25) is 4.79 Å². The molecule has 1 heterocycles. The first kappa shape index (κ1) is 13.0. The Kier molecular flexibility index (Phi) is 3.93. The highest BCUT2D eigenvalue weighted by molar-refractivity contribution is 7.99. The summed E-state index contributed by atoms with van der Waals surface area (Å²) in [5.74, 6) is 0.415. The molecule has 0 aromatic carbocycles. The Morgan fingerprint density at radius 2 is 2.25 bits per heavy atom. The highest BCUT2D eigenvalue weighted by Crippen LogP contribution is 2.30. The van der Waals surface area contributed by atoms with Crippen molar-refractivity contribution in [2.75, 3.05) is 0 Å². The van der Waals surface area contributed by atoms with Crippen molar-refractivity contribution in [2.45, 2.75) is 37.3 Å². The number of aliphatic carboxylic acids is 1. The monoisotopic (exact) mass is 245 g/mol. The smallest absolute Gasteiger partial charge is 0.321 e. The van der Waals surface area contributed by atoms with Crippen LogP contribution in [0.3, 0.4) is 0 Å². The summed E-state index contributed by atoms with van der Waals surface area (Å²) in [5, 5.41) is 16.3. The quantitative estimate of drug-likeness (QED) is 0.791. The van der Waals surface area contributed by atoms with Crippen molar-refractivity contribution in [3.05, 3.63) is 11.8 Å². The van der Waals surface area contributed by atoms with Crippen LogP contribution < -0.4 is 5.73 Å². The van der Waals surface area contributed by atoms with E-state index >= 15 is 0 Å². The maximum absolute atomic E-state index is 10.8. The van der Waals surface area contributed by atoms with Gasteiger partial charge in [-0.05, 0) is 13.8 Å². The minimum Gasteiger partial charge on any atom is -0.480 e. The van der Waals surface area contributed by atoms with Gasteiger partial charge in [0, 0.05) is 11.7 Å². The molecule has 0 amide bonds. The first-order chi connectivity index (χ1) is 7.33.